The Kier molecular flexibility index (Phi) is 4.64. The predicted molar refractivity (Wildman–Crippen MR) is 87.2 cm³/mol. The Hall–Kier alpha value is -2.24. The van der Waals surface area contributed by atoms with E-state index in [1.807, 2.05) is 24.3 Å². The van der Waals surface area contributed by atoms with Crippen molar-refractivity contribution in [3.8, 4) is 0 Å². The highest BCUT2D eigenvalue weighted by atomic mass is 35.5. The number of nitrogens with one attached hydrogen (secondary N) is 1. The first-order chi connectivity index (χ1) is 11.5. The zero-order valence-corrected chi connectivity index (χ0v) is 13.4. The zero-order valence-electron chi connectivity index (χ0n) is 12.6. The van der Waals surface area contributed by atoms with Crippen LogP contribution < -0.4 is 5.32 Å². The molecule has 1 aliphatic rings. The van der Waals surface area contributed by atoms with Crippen molar-refractivity contribution in [2.24, 2.45) is 0 Å². The van der Waals surface area contributed by atoms with Crippen LogP contribution in [-0.2, 0) is 22.4 Å². The molecule has 2 aromatic carbocycles. The Morgan fingerprint density at radius 2 is 2.00 bits per heavy atom. The summed E-state index contributed by atoms with van der Waals surface area (Å²) in [6, 6.07) is 10.7. The Bertz CT molecular complexity index is 809. The fourth-order valence-electron chi connectivity index (χ4n) is 2.88. The normalized spacial score (nSPS) is 19.0. The number of carbonyl (C=O) groups is 2. The summed E-state index contributed by atoms with van der Waals surface area (Å²) < 4.78 is 13.4. The number of hydrogen-bond donors (Lipinski definition) is 2. The second-order valence-electron chi connectivity index (χ2n) is 5.77. The molecular formula is C18H15ClFNO3. The topological polar surface area (TPSA) is 66.4 Å². The second kappa shape index (κ2) is 6.71. The van der Waals surface area contributed by atoms with Crippen LogP contribution in [0.5, 0.6) is 0 Å². The first kappa shape index (κ1) is 16.6. The highest BCUT2D eigenvalue weighted by Crippen LogP contribution is 2.31. The van der Waals surface area contributed by atoms with Gasteiger partial charge in [0.05, 0.1) is 17.2 Å². The summed E-state index contributed by atoms with van der Waals surface area (Å²) in [6.45, 7) is 0. The number of fused-ring (bicyclic) bond motifs is 1. The summed E-state index contributed by atoms with van der Waals surface area (Å²) in [5.41, 5.74) is 2.12. The van der Waals surface area contributed by atoms with Gasteiger partial charge in [-0.15, -0.1) is 0 Å². The van der Waals surface area contributed by atoms with Crippen molar-refractivity contribution < 1.29 is 19.1 Å². The molecule has 124 valence electrons. The molecule has 2 N–H and O–H groups in total. The maximum atomic E-state index is 13.4. The Morgan fingerprint density at radius 3 is 2.75 bits per heavy atom. The van der Waals surface area contributed by atoms with Crippen LogP contribution in [-0.4, -0.2) is 22.9 Å². The number of amides is 1. The average molecular weight is 348 g/mol. The van der Waals surface area contributed by atoms with E-state index in [9.17, 15) is 19.1 Å². The first-order valence-electron chi connectivity index (χ1n) is 7.49. The molecule has 0 heterocycles. The van der Waals surface area contributed by atoms with Crippen LogP contribution >= 0.6 is 11.6 Å². The van der Waals surface area contributed by atoms with E-state index in [1.165, 1.54) is 12.1 Å². The van der Waals surface area contributed by atoms with E-state index in [0.29, 0.717) is 12.0 Å². The molecule has 0 fully saturated rings. The summed E-state index contributed by atoms with van der Waals surface area (Å²) in [4.78, 5) is 24.2. The van der Waals surface area contributed by atoms with Gasteiger partial charge in [-0.1, -0.05) is 41.9 Å². The van der Waals surface area contributed by atoms with Gasteiger partial charge < -0.3 is 10.4 Å². The lowest BCUT2D eigenvalue weighted by molar-refractivity contribution is -0.138. The molecule has 0 aromatic heterocycles. The van der Waals surface area contributed by atoms with Crippen LogP contribution in [0.15, 0.2) is 42.5 Å². The van der Waals surface area contributed by atoms with Gasteiger partial charge in [0.15, 0.2) is 0 Å². The molecule has 2 atom stereocenters. The highest BCUT2D eigenvalue weighted by molar-refractivity contribution is 6.36. The second-order valence-corrected chi connectivity index (χ2v) is 6.18. The third-order valence-electron chi connectivity index (χ3n) is 4.09. The average Bonchev–Trinajstić information content (AvgIpc) is 2.87. The predicted octanol–water partition coefficient (Wildman–Crippen LogP) is 2.37. The van der Waals surface area contributed by atoms with Crippen LogP contribution in [0.3, 0.4) is 0 Å². The summed E-state index contributed by atoms with van der Waals surface area (Å²) in [7, 11) is 0. The van der Waals surface area contributed by atoms with Gasteiger partial charge in [-0.3, -0.25) is 9.59 Å². The van der Waals surface area contributed by atoms with E-state index in [-0.39, 0.29) is 11.4 Å². The minimum atomic E-state index is -0.800. The highest BCUT2D eigenvalue weighted by Gasteiger charge is 2.33. The number of hydrogen-bond acceptors (Lipinski definition) is 3. The van der Waals surface area contributed by atoms with E-state index in [0.717, 1.165) is 17.2 Å². The molecule has 24 heavy (non-hydrogen) atoms. The quantitative estimate of drug-likeness (QED) is 0.834. The third-order valence-corrected chi connectivity index (χ3v) is 4.40. The minimum absolute atomic E-state index is 0.0404. The maximum Gasteiger partial charge on any atom is 0.288 e. The van der Waals surface area contributed by atoms with Crippen molar-refractivity contribution in [1.82, 2.24) is 5.32 Å². The fourth-order valence-corrected chi connectivity index (χ4v) is 3.00. The van der Waals surface area contributed by atoms with Gasteiger partial charge >= 0.3 is 0 Å². The van der Waals surface area contributed by atoms with E-state index in [2.05, 4.69) is 5.32 Å². The lowest BCUT2D eigenvalue weighted by atomic mass is 10.1. The number of ketones is 1. The lowest BCUT2D eigenvalue weighted by Crippen LogP contribution is -2.38. The molecule has 0 saturated heterocycles. The molecule has 0 spiro atoms. The van der Waals surface area contributed by atoms with Gasteiger partial charge in [-0.05, 0) is 28.8 Å². The molecule has 1 aliphatic carbocycles. The van der Waals surface area contributed by atoms with E-state index >= 15 is 0 Å². The van der Waals surface area contributed by atoms with E-state index in [1.54, 1.807) is 0 Å². The van der Waals surface area contributed by atoms with Crippen LogP contribution in [0.1, 0.15) is 22.7 Å². The summed E-state index contributed by atoms with van der Waals surface area (Å²) in [5, 5.41) is 12.6. The van der Waals surface area contributed by atoms with Crippen molar-refractivity contribution in [3.63, 3.8) is 0 Å². The zero-order chi connectivity index (χ0) is 17.3. The lowest BCUT2D eigenvalue weighted by Gasteiger charge is -2.17. The van der Waals surface area contributed by atoms with Crippen LogP contribution in [0.4, 0.5) is 4.39 Å². The Balaban J connectivity index is 1.68. The van der Waals surface area contributed by atoms with Gasteiger partial charge in [0.1, 0.15) is 5.82 Å². The molecule has 6 heteroatoms. The van der Waals surface area contributed by atoms with Crippen molar-refractivity contribution >= 4 is 23.3 Å². The fraction of sp³-hybridized carbons (Fsp3) is 0.222. The summed E-state index contributed by atoms with van der Waals surface area (Å²) in [6.07, 6.45) is -0.575. The molecule has 0 aliphatic heterocycles. The van der Waals surface area contributed by atoms with E-state index in [4.69, 9.17) is 11.6 Å². The number of benzene rings is 2. The molecule has 0 saturated carbocycles. The number of aliphatic hydroxyl groups excluding tert-OH is 1. The summed E-state index contributed by atoms with van der Waals surface area (Å²) in [5.74, 6) is -2.14. The number of rotatable bonds is 4. The minimum Gasteiger partial charge on any atom is -0.390 e. The molecule has 2 aromatic rings. The number of Topliss-reactive ketones (excluding diaryl/α,β-unsaturated/α-hetero) is 1. The molecule has 0 bridgehead atoms. The number of halogens is 2. The monoisotopic (exact) mass is 347 g/mol. The van der Waals surface area contributed by atoms with Crippen LogP contribution in [0, 0.1) is 5.82 Å². The third kappa shape index (κ3) is 3.32. The van der Waals surface area contributed by atoms with Gasteiger partial charge in [-0.2, -0.15) is 0 Å². The Morgan fingerprint density at radius 1 is 1.25 bits per heavy atom. The van der Waals surface area contributed by atoms with E-state index < -0.39 is 29.7 Å². The van der Waals surface area contributed by atoms with Crippen molar-refractivity contribution in [1.29, 1.82) is 0 Å². The smallest absolute Gasteiger partial charge is 0.288 e. The van der Waals surface area contributed by atoms with Crippen LogP contribution in [0.2, 0.25) is 5.02 Å². The first-order valence-corrected chi connectivity index (χ1v) is 7.87. The van der Waals surface area contributed by atoms with Crippen molar-refractivity contribution in [3.05, 3.63) is 70.0 Å². The largest absolute Gasteiger partial charge is 0.390 e. The van der Waals surface area contributed by atoms with Gasteiger partial charge in [0.25, 0.3) is 5.91 Å². The Labute approximate surface area is 143 Å². The van der Waals surface area contributed by atoms with Gasteiger partial charge in [-0.25, -0.2) is 4.39 Å². The molecule has 0 radical (unpaired) electrons. The SMILES string of the molecule is O=C(Cc1ccc(Cl)c(F)c1)C(=O)NC1c2ccccc2C[C@@H]1O. The molecule has 3 rings (SSSR count). The standard InChI is InChI=1S/C18H15ClFNO3/c19-13-6-5-10(7-14(13)20)8-16(23)18(24)21-17-12-4-2-1-3-11(12)9-15(17)22/h1-7,15,17,22H,8-9H2,(H,21,24)/t15-,17?/m0/s1. The molecule has 4 nitrogen and oxygen atoms in total. The van der Waals surface area contributed by atoms with Crippen molar-refractivity contribution in [2.75, 3.05) is 0 Å². The van der Waals surface area contributed by atoms with Crippen molar-refractivity contribution in [2.45, 2.75) is 25.0 Å². The van der Waals surface area contributed by atoms with Crippen LogP contribution in [0.25, 0.3) is 0 Å². The number of aliphatic hydroxyl groups is 1. The molecule has 1 unspecified atom stereocenters. The summed E-state index contributed by atoms with van der Waals surface area (Å²) >= 11 is 5.59. The number of carbonyl (C=O) groups excluding carboxylic acids is 2. The van der Waals surface area contributed by atoms with Gasteiger partial charge in [0, 0.05) is 12.8 Å². The molecular weight excluding hydrogens is 333 g/mol. The molecule has 1 amide bonds. The maximum absolute atomic E-state index is 13.4. The van der Waals surface area contributed by atoms with Gasteiger partial charge in [0.2, 0.25) is 5.78 Å².